The van der Waals surface area contributed by atoms with Crippen molar-refractivity contribution < 1.29 is 22.4 Å². The van der Waals surface area contributed by atoms with E-state index in [1.165, 1.54) is 16.1 Å². The molecule has 0 saturated carbocycles. The minimum absolute atomic E-state index is 0.124. The smallest absolute Gasteiger partial charge is 0.260 e. The molecule has 1 amide bonds. The van der Waals surface area contributed by atoms with Gasteiger partial charge in [0, 0.05) is 37.2 Å². The first-order valence-electron chi connectivity index (χ1n) is 10.0. The zero-order valence-electron chi connectivity index (χ0n) is 17.2. The van der Waals surface area contributed by atoms with E-state index in [0.29, 0.717) is 24.7 Å². The first-order chi connectivity index (χ1) is 15.5. The fourth-order valence-corrected chi connectivity index (χ4v) is 4.41. The van der Waals surface area contributed by atoms with Crippen molar-refractivity contribution in [3.8, 4) is 17.2 Å². The highest BCUT2D eigenvalue weighted by Gasteiger charge is 2.27. The number of ether oxygens (including phenoxy) is 1. The Hall–Kier alpha value is -3.50. The highest BCUT2D eigenvalue weighted by atomic mass is 32.2. The standard InChI is InChI=1S/C22H22N4O5S/c27-21(16-30-20-8-6-19(7-9-20)22-24-23-17-31-22)25-11-13-26(14-12-25)32(28,29)15-10-18-4-2-1-3-5-18/h1-10,15,17H,11-14,16H2. The Morgan fingerprint density at radius 1 is 1.03 bits per heavy atom. The first-order valence-corrected chi connectivity index (χ1v) is 11.5. The number of amides is 1. The number of carbonyl (C=O) groups excluding carboxylic acids is 1. The largest absolute Gasteiger partial charge is 0.484 e. The van der Waals surface area contributed by atoms with E-state index in [0.717, 1.165) is 11.1 Å². The average molecular weight is 455 g/mol. The number of nitrogens with zero attached hydrogens (tertiary/aromatic N) is 4. The van der Waals surface area contributed by atoms with Crippen LogP contribution in [0.4, 0.5) is 0 Å². The molecule has 0 unspecified atom stereocenters. The molecule has 0 aliphatic carbocycles. The lowest BCUT2D eigenvalue weighted by Gasteiger charge is -2.33. The second kappa shape index (κ2) is 9.75. The van der Waals surface area contributed by atoms with Crippen LogP contribution in [-0.2, 0) is 14.8 Å². The molecule has 10 heteroatoms. The minimum Gasteiger partial charge on any atom is -0.484 e. The Kier molecular flexibility index (Phi) is 6.62. The molecule has 9 nitrogen and oxygen atoms in total. The zero-order valence-corrected chi connectivity index (χ0v) is 18.0. The van der Waals surface area contributed by atoms with E-state index in [2.05, 4.69) is 10.2 Å². The van der Waals surface area contributed by atoms with Crippen molar-refractivity contribution in [2.45, 2.75) is 0 Å². The number of sulfonamides is 1. The van der Waals surface area contributed by atoms with E-state index in [1.807, 2.05) is 30.3 Å². The van der Waals surface area contributed by atoms with E-state index >= 15 is 0 Å². The van der Waals surface area contributed by atoms with Gasteiger partial charge in [-0.05, 0) is 35.9 Å². The van der Waals surface area contributed by atoms with Crippen LogP contribution in [0, 0.1) is 0 Å². The molecule has 1 fully saturated rings. The Morgan fingerprint density at radius 3 is 2.41 bits per heavy atom. The monoisotopic (exact) mass is 454 g/mol. The van der Waals surface area contributed by atoms with Gasteiger partial charge in [0.25, 0.3) is 5.91 Å². The molecule has 166 valence electrons. The van der Waals surface area contributed by atoms with Crippen LogP contribution in [0.3, 0.4) is 0 Å². The molecular weight excluding hydrogens is 432 g/mol. The van der Waals surface area contributed by atoms with Crippen molar-refractivity contribution in [2.75, 3.05) is 32.8 Å². The molecule has 0 spiro atoms. The van der Waals surface area contributed by atoms with Crippen molar-refractivity contribution in [1.29, 1.82) is 0 Å². The molecule has 32 heavy (non-hydrogen) atoms. The minimum atomic E-state index is -3.54. The summed E-state index contributed by atoms with van der Waals surface area (Å²) >= 11 is 0. The SMILES string of the molecule is O=C(COc1ccc(-c2nnco2)cc1)N1CCN(S(=O)(=O)C=Cc2ccccc2)CC1. The summed E-state index contributed by atoms with van der Waals surface area (Å²) in [5.74, 6) is 0.746. The van der Waals surface area contributed by atoms with Crippen molar-refractivity contribution in [1.82, 2.24) is 19.4 Å². The van der Waals surface area contributed by atoms with Crippen LogP contribution < -0.4 is 4.74 Å². The highest BCUT2D eigenvalue weighted by Crippen LogP contribution is 2.20. The van der Waals surface area contributed by atoms with E-state index in [-0.39, 0.29) is 25.6 Å². The maximum Gasteiger partial charge on any atom is 0.260 e. The predicted octanol–water partition coefficient (Wildman–Crippen LogP) is 2.26. The van der Waals surface area contributed by atoms with Gasteiger partial charge in [-0.25, -0.2) is 8.42 Å². The van der Waals surface area contributed by atoms with Gasteiger partial charge in [0.15, 0.2) is 6.61 Å². The van der Waals surface area contributed by atoms with Gasteiger partial charge in [-0.1, -0.05) is 30.3 Å². The van der Waals surface area contributed by atoms with Crippen molar-refractivity contribution in [3.05, 3.63) is 72.0 Å². The summed E-state index contributed by atoms with van der Waals surface area (Å²) in [7, 11) is -3.54. The molecule has 0 radical (unpaired) electrons. The molecule has 3 aromatic rings. The first kappa shape index (κ1) is 21.7. The molecular formula is C22H22N4O5S. The number of piperazine rings is 1. The van der Waals surface area contributed by atoms with Crippen LogP contribution >= 0.6 is 0 Å². The number of carbonyl (C=O) groups is 1. The second-order valence-electron chi connectivity index (χ2n) is 7.10. The summed E-state index contributed by atoms with van der Waals surface area (Å²) < 4.78 is 37.2. The molecule has 2 aromatic carbocycles. The summed E-state index contributed by atoms with van der Waals surface area (Å²) in [6, 6.07) is 16.2. The summed E-state index contributed by atoms with van der Waals surface area (Å²) in [6.45, 7) is 0.992. The maximum atomic E-state index is 12.6. The Morgan fingerprint density at radius 2 is 1.75 bits per heavy atom. The van der Waals surface area contributed by atoms with Gasteiger partial charge >= 0.3 is 0 Å². The molecule has 1 aliphatic heterocycles. The van der Waals surface area contributed by atoms with E-state index < -0.39 is 10.0 Å². The van der Waals surface area contributed by atoms with Gasteiger partial charge in [-0.3, -0.25) is 4.79 Å². The number of hydrogen-bond acceptors (Lipinski definition) is 7. The number of benzene rings is 2. The van der Waals surface area contributed by atoms with Gasteiger partial charge in [0.2, 0.25) is 22.3 Å². The van der Waals surface area contributed by atoms with E-state index in [9.17, 15) is 13.2 Å². The number of hydrogen-bond donors (Lipinski definition) is 0. The lowest BCUT2D eigenvalue weighted by molar-refractivity contribution is -0.134. The van der Waals surface area contributed by atoms with Gasteiger partial charge in [-0.2, -0.15) is 4.31 Å². The fourth-order valence-electron chi connectivity index (χ4n) is 3.24. The summed E-state index contributed by atoms with van der Waals surface area (Å²) in [5, 5.41) is 8.68. The third kappa shape index (κ3) is 5.40. The Balaban J connectivity index is 1.26. The summed E-state index contributed by atoms with van der Waals surface area (Å²) in [4.78, 5) is 14.1. The second-order valence-corrected chi connectivity index (χ2v) is 8.91. The van der Waals surface area contributed by atoms with E-state index in [4.69, 9.17) is 9.15 Å². The van der Waals surface area contributed by atoms with Gasteiger partial charge in [-0.15, -0.1) is 10.2 Å². The molecule has 4 rings (SSSR count). The average Bonchev–Trinajstić information content (AvgIpc) is 3.37. The third-order valence-electron chi connectivity index (χ3n) is 5.01. The molecule has 0 N–H and O–H groups in total. The van der Waals surface area contributed by atoms with Crippen LogP contribution in [0.2, 0.25) is 0 Å². The normalized spacial score (nSPS) is 15.2. The van der Waals surface area contributed by atoms with Crippen molar-refractivity contribution in [2.24, 2.45) is 0 Å². The Bertz CT molecular complexity index is 1150. The molecule has 1 aromatic heterocycles. The summed E-state index contributed by atoms with van der Waals surface area (Å²) in [5.41, 5.74) is 1.56. The van der Waals surface area contributed by atoms with Crippen LogP contribution in [0.1, 0.15) is 5.56 Å². The molecule has 0 bridgehead atoms. The Labute approximate surface area is 186 Å². The molecule has 2 heterocycles. The maximum absolute atomic E-state index is 12.6. The van der Waals surface area contributed by atoms with E-state index in [1.54, 1.807) is 35.2 Å². The molecule has 0 atom stereocenters. The summed E-state index contributed by atoms with van der Waals surface area (Å²) in [6.07, 6.45) is 2.83. The lowest BCUT2D eigenvalue weighted by atomic mass is 10.2. The van der Waals surface area contributed by atoms with Gasteiger partial charge in [0.05, 0.1) is 0 Å². The predicted molar refractivity (Wildman–Crippen MR) is 118 cm³/mol. The highest BCUT2D eigenvalue weighted by molar-refractivity contribution is 7.92. The lowest BCUT2D eigenvalue weighted by Crippen LogP contribution is -2.51. The molecule has 1 saturated heterocycles. The topological polar surface area (TPSA) is 106 Å². The van der Waals surface area contributed by atoms with Crippen LogP contribution in [0.15, 0.2) is 70.8 Å². The van der Waals surface area contributed by atoms with Gasteiger partial charge < -0.3 is 14.1 Å². The van der Waals surface area contributed by atoms with Crippen molar-refractivity contribution in [3.63, 3.8) is 0 Å². The molecule has 1 aliphatic rings. The number of rotatable bonds is 7. The fraction of sp³-hybridized carbons (Fsp3) is 0.227. The third-order valence-corrected chi connectivity index (χ3v) is 6.57. The van der Waals surface area contributed by atoms with Crippen molar-refractivity contribution >= 4 is 22.0 Å². The van der Waals surface area contributed by atoms with Crippen LogP contribution in [-0.4, -0.2) is 66.5 Å². The number of aromatic nitrogens is 2. The van der Waals surface area contributed by atoms with Gasteiger partial charge in [0.1, 0.15) is 5.75 Å². The zero-order chi connectivity index (χ0) is 22.4. The van der Waals surface area contributed by atoms with Crippen LogP contribution in [0.5, 0.6) is 5.75 Å². The quantitative estimate of drug-likeness (QED) is 0.539. The van der Waals surface area contributed by atoms with Crippen LogP contribution in [0.25, 0.3) is 17.5 Å².